The maximum Gasteiger partial charge on any atom is 0.412 e. The smallest absolute Gasteiger partial charge is 0.398 e. The van der Waals surface area contributed by atoms with Gasteiger partial charge in [0.2, 0.25) is 0 Å². The predicted molar refractivity (Wildman–Crippen MR) is 79.2 cm³/mol. The second-order valence-electron chi connectivity index (χ2n) is 5.09. The minimum Gasteiger partial charge on any atom is -0.398 e. The fourth-order valence-electron chi connectivity index (χ4n) is 2.11. The number of nitrogen functional groups attached to an aromatic ring is 1. The van der Waals surface area contributed by atoms with Crippen LogP contribution in [0.15, 0.2) is 36.7 Å². The van der Waals surface area contributed by atoms with E-state index < -0.39 is 34.3 Å². The van der Waals surface area contributed by atoms with Crippen molar-refractivity contribution < 1.29 is 22.9 Å². The Morgan fingerprint density at radius 3 is 2.54 bits per heavy atom. The summed E-state index contributed by atoms with van der Waals surface area (Å²) in [4.78, 5) is 22.1. The van der Waals surface area contributed by atoms with Gasteiger partial charge < -0.3 is 15.6 Å². The lowest BCUT2D eigenvalue weighted by molar-refractivity contribution is -0.384. The SMILES string of the molecule is Cn1ccc([C@@H](NC(=O)c2cc([N+](=O)[O-])ccc2N)C(F)(F)F)c1. The number of hydrogen-bond acceptors (Lipinski definition) is 4. The molecule has 0 radical (unpaired) electrons. The van der Waals surface area contributed by atoms with E-state index in [2.05, 4.69) is 0 Å². The Kier molecular flexibility index (Phi) is 4.49. The molecule has 0 saturated heterocycles. The number of amides is 1. The van der Waals surface area contributed by atoms with E-state index in [9.17, 15) is 28.1 Å². The molecular formula is C14H13F3N4O3. The Labute approximate surface area is 134 Å². The Morgan fingerprint density at radius 1 is 1.38 bits per heavy atom. The summed E-state index contributed by atoms with van der Waals surface area (Å²) in [5, 5.41) is 12.6. The highest BCUT2D eigenvalue weighted by atomic mass is 19.4. The third-order valence-corrected chi connectivity index (χ3v) is 3.28. The zero-order chi connectivity index (χ0) is 18.1. The molecule has 0 saturated carbocycles. The van der Waals surface area contributed by atoms with Crippen molar-refractivity contribution in [2.45, 2.75) is 12.2 Å². The van der Waals surface area contributed by atoms with E-state index in [1.165, 1.54) is 30.1 Å². The quantitative estimate of drug-likeness (QED) is 0.506. The second kappa shape index (κ2) is 6.22. The molecule has 1 aromatic heterocycles. The standard InChI is InChI=1S/C14H13F3N4O3/c1-20-5-4-8(7-20)12(14(15,16)17)19-13(22)10-6-9(21(23)24)2-3-11(10)18/h2-7,12H,18H2,1H3,(H,19,22)/t12-/m1/s1. The first kappa shape index (κ1) is 17.3. The minimum absolute atomic E-state index is 0.160. The molecule has 0 fully saturated rings. The van der Waals surface area contributed by atoms with Crippen molar-refractivity contribution in [1.29, 1.82) is 0 Å². The van der Waals surface area contributed by atoms with Gasteiger partial charge in [-0.1, -0.05) is 0 Å². The van der Waals surface area contributed by atoms with Crippen molar-refractivity contribution in [3.63, 3.8) is 0 Å². The number of aryl methyl sites for hydroxylation is 1. The molecule has 0 unspecified atom stereocenters. The number of aromatic nitrogens is 1. The molecular weight excluding hydrogens is 329 g/mol. The third-order valence-electron chi connectivity index (χ3n) is 3.28. The molecule has 2 rings (SSSR count). The highest BCUT2D eigenvalue weighted by Gasteiger charge is 2.42. The van der Waals surface area contributed by atoms with Gasteiger partial charge in [-0.2, -0.15) is 13.2 Å². The summed E-state index contributed by atoms with van der Waals surface area (Å²) < 4.78 is 41.1. The molecule has 1 aromatic carbocycles. The van der Waals surface area contributed by atoms with E-state index in [4.69, 9.17) is 5.73 Å². The number of nitrogens with zero attached hydrogens (tertiary/aromatic N) is 2. The summed E-state index contributed by atoms with van der Waals surface area (Å²) in [6, 6.07) is 1.95. The van der Waals surface area contributed by atoms with E-state index in [1.54, 1.807) is 0 Å². The summed E-state index contributed by atoms with van der Waals surface area (Å²) in [7, 11) is 1.54. The summed E-state index contributed by atoms with van der Waals surface area (Å²) in [6.07, 6.45) is -2.12. The van der Waals surface area contributed by atoms with E-state index in [-0.39, 0.29) is 11.3 Å². The molecule has 1 atom stereocenters. The van der Waals surface area contributed by atoms with Crippen molar-refractivity contribution in [2.75, 3.05) is 5.73 Å². The van der Waals surface area contributed by atoms with Crippen LogP contribution in [0.5, 0.6) is 0 Å². The van der Waals surface area contributed by atoms with Gasteiger partial charge in [-0.15, -0.1) is 0 Å². The summed E-state index contributed by atoms with van der Waals surface area (Å²) in [6.45, 7) is 0. The van der Waals surface area contributed by atoms with Gasteiger partial charge in [-0.05, 0) is 12.1 Å². The molecule has 10 heteroatoms. The number of carbonyl (C=O) groups is 1. The van der Waals surface area contributed by atoms with Crippen molar-refractivity contribution in [1.82, 2.24) is 9.88 Å². The number of rotatable bonds is 4. The Hall–Kier alpha value is -3.04. The van der Waals surface area contributed by atoms with Crippen LogP contribution in [0.2, 0.25) is 0 Å². The van der Waals surface area contributed by atoms with Crippen molar-refractivity contribution in [2.24, 2.45) is 7.05 Å². The van der Waals surface area contributed by atoms with E-state index in [0.29, 0.717) is 0 Å². The first-order valence-corrected chi connectivity index (χ1v) is 6.63. The van der Waals surface area contributed by atoms with E-state index in [0.717, 1.165) is 18.2 Å². The highest BCUT2D eigenvalue weighted by molar-refractivity contribution is 6.00. The molecule has 7 nitrogen and oxygen atoms in total. The Bertz CT molecular complexity index is 786. The van der Waals surface area contributed by atoms with Gasteiger partial charge in [0.1, 0.15) is 0 Å². The largest absolute Gasteiger partial charge is 0.412 e. The van der Waals surface area contributed by atoms with Gasteiger partial charge in [-0.3, -0.25) is 14.9 Å². The zero-order valence-corrected chi connectivity index (χ0v) is 12.4. The minimum atomic E-state index is -4.74. The molecule has 2 aromatic rings. The van der Waals surface area contributed by atoms with E-state index >= 15 is 0 Å². The van der Waals surface area contributed by atoms with E-state index in [1.807, 2.05) is 5.32 Å². The molecule has 3 N–H and O–H groups in total. The number of nitrogens with one attached hydrogen (secondary N) is 1. The average Bonchev–Trinajstić information content (AvgIpc) is 2.89. The number of carbonyl (C=O) groups excluding carboxylic acids is 1. The van der Waals surface area contributed by atoms with Gasteiger partial charge in [0.25, 0.3) is 11.6 Å². The van der Waals surface area contributed by atoms with Crippen LogP contribution in [0.3, 0.4) is 0 Å². The highest BCUT2D eigenvalue weighted by Crippen LogP contribution is 2.33. The van der Waals surface area contributed by atoms with Crippen molar-refractivity contribution in [3.05, 3.63) is 57.9 Å². The lowest BCUT2D eigenvalue weighted by Gasteiger charge is -2.21. The van der Waals surface area contributed by atoms with Crippen LogP contribution in [0.25, 0.3) is 0 Å². The summed E-state index contributed by atoms with van der Waals surface area (Å²) >= 11 is 0. The number of nitro benzene ring substituents is 1. The molecule has 1 amide bonds. The first-order valence-electron chi connectivity index (χ1n) is 6.63. The van der Waals surface area contributed by atoms with Gasteiger partial charge in [0, 0.05) is 42.8 Å². The van der Waals surface area contributed by atoms with Crippen LogP contribution < -0.4 is 11.1 Å². The lowest BCUT2D eigenvalue weighted by Crippen LogP contribution is -2.38. The van der Waals surface area contributed by atoms with Gasteiger partial charge in [-0.25, -0.2) is 0 Å². The maximum atomic E-state index is 13.2. The Balaban J connectivity index is 2.35. The number of hydrogen-bond donors (Lipinski definition) is 2. The number of nitrogens with two attached hydrogens (primary N) is 1. The number of non-ortho nitro benzene ring substituents is 1. The molecule has 1 heterocycles. The lowest BCUT2D eigenvalue weighted by atomic mass is 10.1. The first-order chi connectivity index (χ1) is 11.1. The monoisotopic (exact) mass is 342 g/mol. The number of halogens is 3. The number of benzene rings is 1. The van der Waals surface area contributed by atoms with Gasteiger partial charge >= 0.3 is 6.18 Å². The van der Waals surface area contributed by atoms with Crippen LogP contribution in [0.4, 0.5) is 24.5 Å². The van der Waals surface area contributed by atoms with Gasteiger partial charge in [0.05, 0.1) is 10.5 Å². The topological polar surface area (TPSA) is 103 Å². The maximum absolute atomic E-state index is 13.2. The Morgan fingerprint density at radius 2 is 2.04 bits per heavy atom. The fourth-order valence-corrected chi connectivity index (χ4v) is 2.11. The molecule has 0 bridgehead atoms. The summed E-state index contributed by atoms with van der Waals surface area (Å²) in [5.74, 6) is -1.15. The predicted octanol–water partition coefficient (Wildman–Crippen LogP) is 2.55. The number of anilines is 1. The summed E-state index contributed by atoms with van der Waals surface area (Å²) in [5.41, 5.74) is 4.38. The van der Waals surface area contributed by atoms with Gasteiger partial charge in [0.15, 0.2) is 6.04 Å². The molecule has 0 aliphatic heterocycles. The average molecular weight is 342 g/mol. The number of nitro groups is 1. The van der Waals surface area contributed by atoms with Crippen molar-refractivity contribution >= 4 is 17.3 Å². The number of alkyl halides is 3. The molecule has 0 spiro atoms. The van der Waals surface area contributed by atoms with Crippen LogP contribution >= 0.6 is 0 Å². The van der Waals surface area contributed by atoms with Crippen LogP contribution in [-0.2, 0) is 7.05 Å². The normalized spacial score (nSPS) is 12.7. The molecule has 128 valence electrons. The van der Waals surface area contributed by atoms with Crippen molar-refractivity contribution in [3.8, 4) is 0 Å². The van der Waals surface area contributed by atoms with Crippen LogP contribution in [0.1, 0.15) is 22.0 Å². The zero-order valence-electron chi connectivity index (χ0n) is 12.4. The third kappa shape index (κ3) is 3.65. The fraction of sp³-hybridized carbons (Fsp3) is 0.214. The molecule has 0 aliphatic rings. The van der Waals surface area contributed by atoms with Crippen LogP contribution in [0, 0.1) is 10.1 Å². The second-order valence-corrected chi connectivity index (χ2v) is 5.09. The van der Waals surface area contributed by atoms with Crippen LogP contribution in [-0.4, -0.2) is 21.6 Å². The molecule has 24 heavy (non-hydrogen) atoms. The molecule has 0 aliphatic carbocycles.